The number of carbonyl (C=O) groups excluding carboxylic acids is 1. The highest BCUT2D eigenvalue weighted by atomic mass is 35.5. The molecule has 0 bridgehead atoms. The first kappa shape index (κ1) is 25.0. The monoisotopic (exact) mass is 535 g/mol. The lowest BCUT2D eigenvalue weighted by Crippen LogP contribution is -2.19. The molecule has 35 heavy (non-hydrogen) atoms. The lowest BCUT2D eigenvalue weighted by atomic mass is 9.82. The number of ether oxygens (including phenoxy) is 1. The molecule has 2 heterocycles. The zero-order valence-electron chi connectivity index (χ0n) is 18.8. The molecule has 2 aromatic carbocycles. The van der Waals surface area contributed by atoms with E-state index in [0.29, 0.717) is 15.9 Å². The van der Waals surface area contributed by atoms with Crippen molar-refractivity contribution in [2.24, 2.45) is 0 Å². The van der Waals surface area contributed by atoms with E-state index in [2.05, 4.69) is 35.9 Å². The molecule has 0 unspecified atom stereocenters. The average molecular weight is 536 g/mol. The topological polar surface area (TPSA) is 121 Å². The van der Waals surface area contributed by atoms with Crippen LogP contribution in [0.1, 0.15) is 41.0 Å². The molecular weight excluding hydrogens is 516 g/mol. The first-order valence-corrected chi connectivity index (χ1v) is 12.0. The maximum absolute atomic E-state index is 14.8. The third-order valence-electron chi connectivity index (χ3n) is 5.43. The number of imidazole rings is 1. The normalized spacial score (nSPS) is 11.5. The number of methoxy groups -OCH3 is 1. The molecule has 4 rings (SSSR count). The Balaban J connectivity index is 1.47. The number of hydrogen-bond donors (Lipinski definition) is 3. The standard InChI is InChI=1S/C22H20Cl2FN7O2S/c1-22(2,12-4-5-14(23)17(8-12)34-3)18-9-26-21(27-18)35-10-13-15(24)6-11(7-16(13)25)19(33)28-20-29-31-32-30-20/h4-9H,10H2,1-3H3,(H,26,27)(H2,28,29,30,31,32,33). The number of aromatic amines is 2. The summed E-state index contributed by atoms with van der Waals surface area (Å²) in [5, 5.41) is 16.3. The largest absolute Gasteiger partial charge is 0.495 e. The Morgan fingerprint density at radius 2 is 2.03 bits per heavy atom. The molecule has 0 aliphatic carbocycles. The number of tetrazole rings is 1. The van der Waals surface area contributed by atoms with Gasteiger partial charge in [-0.15, -0.1) is 0 Å². The van der Waals surface area contributed by atoms with Gasteiger partial charge in [0, 0.05) is 33.0 Å². The Hall–Kier alpha value is -3.15. The second-order valence-electron chi connectivity index (χ2n) is 7.99. The van der Waals surface area contributed by atoms with Crippen LogP contribution in [0, 0.1) is 5.82 Å². The molecule has 9 nitrogen and oxygen atoms in total. The van der Waals surface area contributed by atoms with Gasteiger partial charge >= 0.3 is 0 Å². The lowest BCUT2D eigenvalue weighted by molar-refractivity contribution is 0.102. The minimum Gasteiger partial charge on any atom is -0.495 e. The van der Waals surface area contributed by atoms with E-state index in [9.17, 15) is 9.18 Å². The number of aromatic nitrogens is 6. The molecule has 1 amide bonds. The number of rotatable bonds is 8. The van der Waals surface area contributed by atoms with E-state index in [1.165, 1.54) is 17.8 Å². The van der Waals surface area contributed by atoms with Gasteiger partial charge in [-0.1, -0.05) is 60.0 Å². The highest BCUT2D eigenvalue weighted by Crippen LogP contribution is 2.36. The van der Waals surface area contributed by atoms with Gasteiger partial charge in [-0.2, -0.15) is 0 Å². The van der Waals surface area contributed by atoms with E-state index in [1.54, 1.807) is 19.4 Å². The van der Waals surface area contributed by atoms with E-state index in [1.807, 2.05) is 26.0 Å². The maximum atomic E-state index is 14.8. The second-order valence-corrected chi connectivity index (χ2v) is 9.77. The molecule has 0 aliphatic heterocycles. The molecule has 13 heteroatoms. The number of nitrogens with one attached hydrogen (secondary N) is 3. The molecule has 0 radical (unpaired) electrons. The molecular formula is C22H20Cl2FN7O2S. The number of nitrogens with zero attached hydrogens (tertiary/aromatic N) is 4. The highest BCUT2D eigenvalue weighted by Gasteiger charge is 2.27. The second kappa shape index (κ2) is 10.2. The van der Waals surface area contributed by atoms with Crippen LogP contribution in [0.5, 0.6) is 5.75 Å². The summed E-state index contributed by atoms with van der Waals surface area (Å²) in [7, 11) is 1.57. The van der Waals surface area contributed by atoms with Crippen LogP contribution in [-0.4, -0.2) is 43.6 Å². The van der Waals surface area contributed by atoms with Crippen molar-refractivity contribution in [3.05, 3.63) is 74.8 Å². The first-order valence-electron chi connectivity index (χ1n) is 10.2. The Morgan fingerprint density at radius 1 is 1.23 bits per heavy atom. The first-order chi connectivity index (χ1) is 16.7. The predicted molar refractivity (Wildman–Crippen MR) is 132 cm³/mol. The molecule has 4 aromatic rings. The van der Waals surface area contributed by atoms with E-state index in [0.717, 1.165) is 17.3 Å². The fourth-order valence-electron chi connectivity index (χ4n) is 3.30. The van der Waals surface area contributed by atoms with Crippen molar-refractivity contribution in [1.82, 2.24) is 30.6 Å². The van der Waals surface area contributed by atoms with Crippen molar-refractivity contribution in [3.8, 4) is 5.75 Å². The van der Waals surface area contributed by atoms with Crippen molar-refractivity contribution in [3.63, 3.8) is 0 Å². The van der Waals surface area contributed by atoms with Gasteiger partial charge in [-0.3, -0.25) is 10.1 Å². The van der Waals surface area contributed by atoms with Crippen LogP contribution in [-0.2, 0) is 11.2 Å². The highest BCUT2D eigenvalue weighted by molar-refractivity contribution is 7.98. The average Bonchev–Trinajstić information content (AvgIpc) is 3.51. The summed E-state index contributed by atoms with van der Waals surface area (Å²) < 4.78 is 20.1. The Kier molecular flexibility index (Phi) is 7.29. The van der Waals surface area contributed by atoms with Crippen molar-refractivity contribution < 1.29 is 13.9 Å². The molecule has 2 aromatic heterocycles. The Labute approximate surface area is 214 Å². The zero-order valence-corrected chi connectivity index (χ0v) is 21.1. The van der Waals surface area contributed by atoms with E-state index < -0.39 is 17.1 Å². The molecule has 0 atom stereocenters. The fraction of sp³-hybridized carbons (Fsp3) is 0.227. The van der Waals surface area contributed by atoms with Crippen LogP contribution in [0.2, 0.25) is 10.0 Å². The number of H-pyrrole nitrogens is 2. The van der Waals surface area contributed by atoms with Gasteiger partial charge in [0.2, 0.25) is 5.95 Å². The molecule has 0 aliphatic rings. The van der Waals surface area contributed by atoms with Crippen molar-refractivity contribution >= 4 is 46.8 Å². The Morgan fingerprint density at radius 3 is 2.71 bits per heavy atom. The van der Waals surface area contributed by atoms with Gasteiger partial charge in [-0.25, -0.2) is 14.5 Å². The minimum atomic E-state index is -0.605. The van der Waals surface area contributed by atoms with E-state index in [4.69, 9.17) is 27.9 Å². The van der Waals surface area contributed by atoms with Gasteiger partial charge in [0.25, 0.3) is 5.91 Å². The van der Waals surface area contributed by atoms with Gasteiger partial charge in [0.1, 0.15) is 11.6 Å². The number of carbonyl (C=O) groups is 1. The van der Waals surface area contributed by atoms with Gasteiger partial charge in [0.15, 0.2) is 5.16 Å². The van der Waals surface area contributed by atoms with Crippen LogP contribution in [0.3, 0.4) is 0 Å². The summed E-state index contributed by atoms with van der Waals surface area (Å²) in [6, 6.07) is 8.13. The third kappa shape index (κ3) is 5.42. The summed E-state index contributed by atoms with van der Waals surface area (Å²) in [5.74, 6) is -0.363. The van der Waals surface area contributed by atoms with Crippen LogP contribution in [0.25, 0.3) is 0 Å². The minimum absolute atomic E-state index is 0.0399. The summed E-state index contributed by atoms with van der Waals surface area (Å²) in [6.45, 7) is 4.10. The molecule has 3 N–H and O–H groups in total. The van der Waals surface area contributed by atoms with Crippen LogP contribution < -0.4 is 10.1 Å². The van der Waals surface area contributed by atoms with Crippen LogP contribution >= 0.6 is 35.0 Å². The summed E-state index contributed by atoms with van der Waals surface area (Å²) in [5.41, 5.74) is 1.74. The van der Waals surface area contributed by atoms with Crippen molar-refractivity contribution in [2.75, 3.05) is 12.4 Å². The summed E-state index contributed by atoms with van der Waals surface area (Å²) >= 11 is 13.7. The van der Waals surface area contributed by atoms with Gasteiger partial charge < -0.3 is 9.72 Å². The van der Waals surface area contributed by atoms with Crippen molar-refractivity contribution in [1.29, 1.82) is 0 Å². The zero-order chi connectivity index (χ0) is 25.2. The molecule has 182 valence electrons. The molecule has 0 spiro atoms. The van der Waals surface area contributed by atoms with Gasteiger partial charge in [-0.05, 0) is 40.3 Å². The van der Waals surface area contributed by atoms with E-state index in [-0.39, 0.29) is 27.9 Å². The predicted octanol–water partition coefficient (Wildman–Crippen LogP) is 5.25. The van der Waals surface area contributed by atoms with Crippen molar-refractivity contribution in [2.45, 2.75) is 30.2 Å². The number of thioether (sulfide) groups is 1. The van der Waals surface area contributed by atoms with Crippen LogP contribution in [0.15, 0.2) is 41.7 Å². The number of benzene rings is 2. The number of hydrogen-bond acceptors (Lipinski definition) is 7. The fourth-order valence-corrected chi connectivity index (χ4v) is 4.73. The van der Waals surface area contributed by atoms with Gasteiger partial charge in [0.05, 0.1) is 18.3 Å². The quantitative estimate of drug-likeness (QED) is 0.263. The molecule has 0 fully saturated rings. The smallest absolute Gasteiger partial charge is 0.258 e. The number of amides is 1. The number of halogens is 3. The van der Waals surface area contributed by atoms with Crippen LogP contribution in [0.4, 0.5) is 10.3 Å². The molecule has 0 saturated carbocycles. The summed E-state index contributed by atoms with van der Waals surface area (Å²) in [6.07, 6.45) is 1.74. The lowest BCUT2D eigenvalue weighted by Gasteiger charge is -2.24. The SMILES string of the molecule is COc1cc(C(C)(C)c2cnc(SCc3c(F)cc(C(=O)Nc4nnn[nH]4)cc3Cl)[nH]2)ccc1Cl. The maximum Gasteiger partial charge on any atom is 0.258 e. The third-order valence-corrected chi connectivity index (χ3v) is 7.00. The Bertz CT molecular complexity index is 1340. The number of anilines is 1. The molecule has 0 saturated heterocycles. The summed E-state index contributed by atoms with van der Waals surface area (Å²) in [4.78, 5) is 20.0. The van der Waals surface area contributed by atoms with E-state index >= 15 is 0 Å².